The Morgan fingerprint density at radius 1 is 1.33 bits per heavy atom. The van der Waals surface area contributed by atoms with Crippen LogP contribution in [0.4, 0.5) is 4.79 Å². The number of hydrogen-bond donors (Lipinski definition) is 3. The van der Waals surface area contributed by atoms with E-state index in [1.54, 1.807) is 0 Å². The quantitative estimate of drug-likeness (QED) is 0.571. The predicted octanol–water partition coefficient (Wildman–Crippen LogP) is 1.00. The fraction of sp³-hybridized carbons (Fsp3) is 0.750. The van der Waals surface area contributed by atoms with Gasteiger partial charge in [-0.2, -0.15) is 0 Å². The Kier molecular flexibility index (Phi) is 5.80. The second kappa shape index (κ2) is 7.63. The molecule has 1 aliphatic heterocycles. The van der Waals surface area contributed by atoms with E-state index >= 15 is 0 Å². The van der Waals surface area contributed by atoms with Crippen molar-refractivity contribution in [3.05, 3.63) is 0 Å². The lowest BCUT2D eigenvalue weighted by atomic mass is 9.98. The van der Waals surface area contributed by atoms with Crippen LogP contribution in [0.1, 0.15) is 58.3 Å². The number of aliphatic carboxylic acids is 1. The van der Waals surface area contributed by atoms with Crippen molar-refractivity contribution in [2.24, 2.45) is 0 Å². The summed E-state index contributed by atoms with van der Waals surface area (Å²) in [5.74, 6) is -1.80. The SMILES string of the molecule is CCCCC(NC(=O)CCN1C(=O)NC2(CCCC2)C1=O)C(=O)O. The number of nitrogens with zero attached hydrogens (tertiary/aromatic N) is 1. The number of nitrogens with one attached hydrogen (secondary N) is 2. The normalized spacial score (nSPS) is 20.3. The summed E-state index contributed by atoms with van der Waals surface area (Å²) in [4.78, 5) is 48.6. The summed E-state index contributed by atoms with van der Waals surface area (Å²) in [5, 5.41) is 14.3. The number of imide groups is 1. The van der Waals surface area contributed by atoms with E-state index in [4.69, 9.17) is 5.11 Å². The van der Waals surface area contributed by atoms with Gasteiger partial charge in [0.25, 0.3) is 5.91 Å². The van der Waals surface area contributed by atoms with Gasteiger partial charge >= 0.3 is 12.0 Å². The predicted molar refractivity (Wildman–Crippen MR) is 85.2 cm³/mol. The molecule has 1 unspecified atom stereocenters. The standard InChI is InChI=1S/C16H25N3O5/c1-2-3-6-11(13(21)22)17-12(20)7-10-19-14(23)16(18-15(19)24)8-4-5-9-16/h11H,2-10H2,1H3,(H,17,20)(H,18,24)(H,21,22). The molecule has 4 amide bonds. The number of urea groups is 1. The van der Waals surface area contributed by atoms with Gasteiger partial charge in [-0.3, -0.25) is 14.5 Å². The van der Waals surface area contributed by atoms with Crippen molar-refractivity contribution in [1.29, 1.82) is 0 Å². The molecule has 1 heterocycles. The summed E-state index contributed by atoms with van der Waals surface area (Å²) in [6, 6.07) is -1.39. The maximum atomic E-state index is 12.4. The molecule has 0 aromatic rings. The Bertz CT molecular complexity index is 528. The zero-order valence-electron chi connectivity index (χ0n) is 14.0. The van der Waals surface area contributed by atoms with Crippen molar-refractivity contribution in [3.8, 4) is 0 Å². The number of amides is 4. The van der Waals surface area contributed by atoms with E-state index < -0.39 is 29.5 Å². The number of rotatable bonds is 8. The van der Waals surface area contributed by atoms with Crippen LogP contribution in [-0.4, -0.2) is 51.9 Å². The highest BCUT2D eigenvalue weighted by Crippen LogP contribution is 2.34. The molecule has 3 N–H and O–H groups in total. The summed E-state index contributed by atoms with van der Waals surface area (Å²) in [7, 11) is 0. The third-order valence-electron chi connectivity index (χ3n) is 4.75. The third-order valence-corrected chi connectivity index (χ3v) is 4.75. The topological polar surface area (TPSA) is 116 Å². The molecule has 1 aliphatic carbocycles. The van der Waals surface area contributed by atoms with Gasteiger partial charge in [0.2, 0.25) is 5.91 Å². The van der Waals surface area contributed by atoms with Crippen LogP contribution >= 0.6 is 0 Å². The van der Waals surface area contributed by atoms with E-state index in [0.29, 0.717) is 25.7 Å². The van der Waals surface area contributed by atoms with Crippen LogP contribution in [-0.2, 0) is 14.4 Å². The van der Waals surface area contributed by atoms with Crippen molar-refractivity contribution in [2.45, 2.75) is 69.9 Å². The fourth-order valence-corrected chi connectivity index (χ4v) is 3.34. The van der Waals surface area contributed by atoms with Crippen molar-refractivity contribution in [2.75, 3.05) is 6.54 Å². The molecule has 1 saturated carbocycles. The minimum absolute atomic E-state index is 0.0294. The molecule has 2 aliphatic rings. The van der Waals surface area contributed by atoms with Gasteiger partial charge in [-0.15, -0.1) is 0 Å². The summed E-state index contributed by atoms with van der Waals surface area (Å²) >= 11 is 0. The van der Waals surface area contributed by atoms with Gasteiger partial charge in [-0.25, -0.2) is 9.59 Å². The Morgan fingerprint density at radius 2 is 2.00 bits per heavy atom. The molecule has 2 fully saturated rings. The molecule has 134 valence electrons. The highest BCUT2D eigenvalue weighted by Gasteiger charge is 2.52. The van der Waals surface area contributed by atoms with Crippen LogP contribution in [0, 0.1) is 0 Å². The van der Waals surface area contributed by atoms with Crippen molar-refractivity contribution in [1.82, 2.24) is 15.5 Å². The molecule has 8 nitrogen and oxygen atoms in total. The number of unbranched alkanes of at least 4 members (excludes halogenated alkanes) is 1. The second-order valence-electron chi connectivity index (χ2n) is 6.53. The summed E-state index contributed by atoms with van der Waals surface area (Å²) in [5.41, 5.74) is -0.779. The van der Waals surface area contributed by atoms with Gasteiger partial charge in [-0.1, -0.05) is 32.6 Å². The Labute approximate surface area is 141 Å². The Hall–Kier alpha value is -2.12. The van der Waals surface area contributed by atoms with E-state index in [-0.39, 0.29) is 18.9 Å². The molecule has 0 bridgehead atoms. The zero-order chi connectivity index (χ0) is 17.7. The summed E-state index contributed by atoms with van der Waals surface area (Å²) in [6.07, 6.45) is 4.89. The molecular weight excluding hydrogens is 314 g/mol. The molecule has 0 aromatic heterocycles. The lowest BCUT2D eigenvalue weighted by molar-refractivity contribution is -0.142. The van der Waals surface area contributed by atoms with E-state index in [1.165, 1.54) is 0 Å². The minimum Gasteiger partial charge on any atom is -0.480 e. The number of carbonyl (C=O) groups excluding carboxylic acids is 3. The van der Waals surface area contributed by atoms with Crippen LogP contribution < -0.4 is 10.6 Å². The highest BCUT2D eigenvalue weighted by molar-refractivity contribution is 6.07. The molecule has 1 spiro atoms. The van der Waals surface area contributed by atoms with Crippen molar-refractivity contribution >= 4 is 23.8 Å². The fourth-order valence-electron chi connectivity index (χ4n) is 3.34. The van der Waals surface area contributed by atoms with E-state index in [0.717, 1.165) is 24.2 Å². The van der Waals surface area contributed by atoms with Gasteiger partial charge in [0.1, 0.15) is 11.6 Å². The van der Waals surface area contributed by atoms with Gasteiger partial charge in [0.05, 0.1) is 0 Å². The van der Waals surface area contributed by atoms with Crippen LogP contribution in [0.5, 0.6) is 0 Å². The molecule has 0 radical (unpaired) electrons. The van der Waals surface area contributed by atoms with Crippen molar-refractivity contribution in [3.63, 3.8) is 0 Å². The average Bonchev–Trinajstić information content (AvgIpc) is 3.08. The molecule has 0 aromatic carbocycles. The first kappa shape index (κ1) is 18.2. The molecular formula is C16H25N3O5. The van der Waals surface area contributed by atoms with E-state index in [1.807, 2.05) is 6.92 Å². The number of carbonyl (C=O) groups is 4. The number of carboxylic acid groups (broad SMARTS) is 1. The summed E-state index contributed by atoms with van der Waals surface area (Å²) < 4.78 is 0. The molecule has 24 heavy (non-hydrogen) atoms. The van der Waals surface area contributed by atoms with Gasteiger partial charge < -0.3 is 15.7 Å². The van der Waals surface area contributed by atoms with Crippen LogP contribution in [0.2, 0.25) is 0 Å². The lowest BCUT2D eigenvalue weighted by Crippen LogP contribution is -2.45. The van der Waals surface area contributed by atoms with Gasteiger partial charge in [0.15, 0.2) is 0 Å². The van der Waals surface area contributed by atoms with Crippen LogP contribution in [0.25, 0.3) is 0 Å². The highest BCUT2D eigenvalue weighted by atomic mass is 16.4. The smallest absolute Gasteiger partial charge is 0.326 e. The lowest BCUT2D eigenvalue weighted by Gasteiger charge is -2.20. The molecule has 8 heteroatoms. The van der Waals surface area contributed by atoms with Crippen molar-refractivity contribution < 1.29 is 24.3 Å². The second-order valence-corrected chi connectivity index (χ2v) is 6.53. The maximum absolute atomic E-state index is 12.4. The zero-order valence-corrected chi connectivity index (χ0v) is 14.0. The van der Waals surface area contributed by atoms with Crippen LogP contribution in [0.3, 0.4) is 0 Å². The first-order valence-corrected chi connectivity index (χ1v) is 8.56. The average molecular weight is 339 g/mol. The molecule has 1 atom stereocenters. The Morgan fingerprint density at radius 3 is 2.58 bits per heavy atom. The largest absolute Gasteiger partial charge is 0.480 e. The maximum Gasteiger partial charge on any atom is 0.326 e. The summed E-state index contributed by atoms with van der Waals surface area (Å²) in [6.45, 7) is 1.91. The van der Waals surface area contributed by atoms with E-state index in [2.05, 4.69) is 10.6 Å². The minimum atomic E-state index is -1.07. The van der Waals surface area contributed by atoms with Gasteiger partial charge in [-0.05, 0) is 19.3 Å². The first-order chi connectivity index (χ1) is 11.4. The van der Waals surface area contributed by atoms with E-state index in [9.17, 15) is 19.2 Å². The first-order valence-electron chi connectivity index (χ1n) is 8.56. The van der Waals surface area contributed by atoms with Crippen LogP contribution in [0.15, 0.2) is 0 Å². The monoisotopic (exact) mass is 339 g/mol. The van der Waals surface area contributed by atoms with Gasteiger partial charge in [0, 0.05) is 13.0 Å². The third kappa shape index (κ3) is 3.85. The number of carboxylic acids is 1. The molecule has 1 saturated heterocycles. The molecule has 2 rings (SSSR count). The number of hydrogen-bond acceptors (Lipinski definition) is 4. The Balaban J connectivity index is 1.86.